The van der Waals surface area contributed by atoms with Crippen LogP contribution >= 0.6 is 0 Å². The Morgan fingerprint density at radius 3 is 2.67 bits per heavy atom. The van der Waals surface area contributed by atoms with E-state index in [9.17, 15) is 0 Å². The minimum absolute atomic E-state index is 0.0276. The summed E-state index contributed by atoms with van der Waals surface area (Å²) >= 11 is 0. The maximum absolute atomic E-state index is 5.78. The van der Waals surface area contributed by atoms with Gasteiger partial charge in [-0.15, -0.1) is 0 Å². The fourth-order valence-corrected chi connectivity index (χ4v) is 1.85. The van der Waals surface area contributed by atoms with E-state index in [1.54, 1.807) is 18.5 Å². The van der Waals surface area contributed by atoms with Crippen molar-refractivity contribution in [3.63, 3.8) is 0 Å². The van der Waals surface area contributed by atoms with Gasteiger partial charge in [-0.1, -0.05) is 18.2 Å². The second-order valence-electron chi connectivity index (χ2n) is 4.13. The van der Waals surface area contributed by atoms with Gasteiger partial charge in [-0.25, -0.2) is 9.97 Å². The highest BCUT2D eigenvalue weighted by Gasteiger charge is 2.11. The van der Waals surface area contributed by atoms with Crippen LogP contribution in [0.1, 0.15) is 18.7 Å². The van der Waals surface area contributed by atoms with Crippen molar-refractivity contribution in [3.8, 4) is 0 Å². The molecule has 2 aromatic heterocycles. The van der Waals surface area contributed by atoms with Gasteiger partial charge in [0.15, 0.2) is 0 Å². The van der Waals surface area contributed by atoms with Crippen molar-refractivity contribution in [2.45, 2.75) is 13.0 Å². The summed E-state index contributed by atoms with van der Waals surface area (Å²) in [6, 6.07) is 11.8. The second-order valence-corrected chi connectivity index (χ2v) is 4.13. The highest BCUT2D eigenvalue weighted by molar-refractivity contribution is 5.77. The smallest absolute Gasteiger partial charge is 0.223 e. The molecule has 4 heteroatoms. The first-order valence-electron chi connectivity index (χ1n) is 5.85. The molecule has 0 aliphatic rings. The number of furan rings is 1. The van der Waals surface area contributed by atoms with Gasteiger partial charge >= 0.3 is 0 Å². The standard InChI is InChI=1S/C14H13N3O/c1-10(17-14-15-7-4-8-16-14)13-9-11-5-2-3-6-12(11)18-13/h2-10H,1H3,(H,15,16,17). The molecule has 0 bridgehead atoms. The molecule has 90 valence electrons. The van der Waals surface area contributed by atoms with Crippen molar-refractivity contribution in [2.24, 2.45) is 0 Å². The fraction of sp³-hybridized carbons (Fsp3) is 0.143. The van der Waals surface area contributed by atoms with Crippen LogP contribution < -0.4 is 5.32 Å². The van der Waals surface area contributed by atoms with Crippen LogP contribution in [0.4, 0.5) is 5.95 Å². The van der Waals surface area contributed by atoms with Crippen molar-refractivity contribution >= 4 is 16.9 Å². The summed E-state index contributed by atoms with van der Waals surface area (Å²) in [6.45, 7) is 2.02. The van der Waals surface area contributed by atoms with E-state index in [1.165, 1.54) is 0 Å². The number of hydrogen-bond donors (Lipinski definition) is 1. The summed E-state index contributed by atoms with van der Waals surface area (Å²) in [4.78, 5) is 8.27. The molecule has 1 N–H and O–H groups in total. The van der Waals surface area contributed by atoms with Gasteiger partial charge < -0.3 is 9.73 Å². The van der Waals surface area contributed by atoms with Crippen LogP contribution in [0.5, 0.6) is 0 Å². The summed E-state index contributed by atoms with van der Waals surface area (Å²) in [6.07, 6.45) is 3.42. The van der Waals surface area contributed by atoms with Gasteiger partial charge in [0.25, 0.3) is 0 Å². The van der Waals surface area contributed by atoms with Crippen LogP contribution in [0.15, 0.2) is 53.2 Å². The third kappa shape index (κ3) is 2.05. The molecule has 0 radical (unpaired) electrons. The van der Waals surface area contributed by atoms with Gasteiger partial charge in [0, 0.05) is 17.8 Å². The van der Waals surface area contributed by atoms with Gasteiger partial charge in [0.1, 0.15) is 11.3 Å². The Hall–Kier alpha value is -2.36. The van der Waals surface area contributed by atoms with Crippen LogP contribution in [0.2, 0.25) is 0 Å². The molecule has 0 saturated heterocycles. The van der Waals surface area contributed by atoms with Gasteiger partial charge in [-0.3, -0.25) is 0 Å². The van der Waals surface area contributed by atoms with Gasteiger partial charge in [-0.05, 0) is 25.1 Å². The monoisotopic (exact) mass is 239 g/mol. The third-order valence-electron chi connectivity index (χ3n) is 2.78. The van der Waals surface area contributed by atoms with E-state index < -0.39 is 0 Å². The maximum atomic E-state index is 5.78. The average Bonchev–Trinajstić information content (AvgIpc) is 2.84. The molecule has 0 amide bonds. The van der Waals surface area contributed by atoms with Crippen LogP contribution in [0.25, 0.3) is 11.0 Å². The van der Waals surface area contributed by atoms with Crippen LogP contribution in [0, 0.1) is 0 Å². The van der Waals surface area contributed by atoms with Crippen molar-refractivity contribution in [1.82, 2.24) is 9.97 Å². The van der Waals surface area contributed by atoms with Crippen molar-refractivity contribution < 1.29 is 4.42 Å². The molecule has 0 spiro atoms. The minimum atomic E-state index is 0.0276. The van der Waals surface area contributed by atoms with E-state index in [-0.39, 0.29) is 6.04 Å². The Morgan fingerprint density at radius 2 is 1.89 bits per heavy atom. The highest BCUT2D eigenvalue weighted by Crippen LogP contribution is 2.25. The molecule has 1 aromatic carbocycles. The first-order valence-corrected chi connectivity index (χ1v) is 5.85. The van der Waals surface area contributed by atoms with E-state index in [0.29, 0.717) is 5.95 Å². The second kappa shape index (κ2) is 4.49. The Labute approximate surface area is 105 Å². The molecule has 18 heavy (non-hydrogen) atoms. The fourth-order valence-electron chi connectivity index (χ4n) is 1.85. The molecule has 3 rings (SSSR count). The van der Waals surface area contributed by atoms with E-state index in [1.807, 2.05) is 37.3 Å². The molecule has 1 atom stereocenters. The number of fused-ring (bicyclic) bond motifs is 1. The zero-order valence-corrected chi connectivity index (χ0v) is 10.00. The average molecular weight is 239 g/mol. The Morgan fingerprint density at radius 1 is 1.11 bits per heavy atom. The minimum Gasteiger partial charge on any atom is -0.459 e. The van der Waals surface area contributed by atoms with Crippen LogP contribution in [0.3, 0.4) is 0 Å². The number of nitrogens with one attached hydrogen (secondary N) is 1. The largest absolute Gasteiger partial charge is 0.459 e. The van der Waals surface area contributed by atoms with Gasteiger partial charge in [0.2, 0.25) is 5.95 Å². The van der Waals surface area contributed by atoms with E-state index in [0.717, 1.165) is 16.7 Å². The number of anilines is 1. The molecule has 0 aliphatic heterocycles. The lowest BCUT2D eigenvalue weighted by Gasteiger charge is -2.10. The molecule has 3 aromatic rings. The van der Waals surface area contributed by atoms with Crippen molar-refractivity contribution in [3.05, 3.63) is 54.6 Å². The lowest BCUT2D eigenvalue weighted by Crippen LogP contribution is -2.07. The summed E-state index contributed by atoms with van der Waals surface area (Å²) in [5.74, 6) is 1.48. The molecule has 0 fully saturated rings. The number of para-hydroxylation sites is 1. The predicted molar refractivity (Wildman–Crippen MR) is 70.3 cm³/mol. The summed E-state index contributed by atoms with van der Waals surface area (Å²) in [5.41, 5.74) is 0.898. The van der Waals surface area contributed by atoms with Crippen LogP contribution in [-0.4, -0.2) is 9.97 Å². The van der Waals surface area contributed by atoms with Crippen molar-refractivity contribution in [2.75, 3.05) is 5.32 Å². The van der Waals surface area contributed by atoms with E-state index >= 15 is 0 Å². The first kappa shape index (κ1) is 10.8. The maximum Gasteiger partial charge on any atom is 0.223 e. The van der Waals surface area contributed by atoms with E-state index in [4.69, 9.17) is 4.42 Å². The first-order chi connectivity index (χ1) is 8.83. The van der Waals surface area contributed by atoms with Gasteiger partial charge in [0.05, 0.1) is 6.04 Å². The predicted octanol–water partition coefficient (Wildman–Crippen LogP) is 3.40. The molecular weight excluding hydrogens is 226 g/mol. The summed E-state index contributed by atoms with van der Waals surface area (Å²) in [7, 11) is 0. The zero-order valence-electron chi connectivity index (χ0n) is 10.00. The van der Waals surface area contributed by atoms with Gasteiger partial charge in [-0.2, -0.15) is 0 Å². The summed E-state index contributed by atoms with van der Waals surface area (Å²) in [5, 5.41) is 4.31. The topological polar surface area (TPSA) is 51.0 Å². The zero-order chi connectivity index (χ0) is 12.4. The Balaban J connectivity index is 1.86. The number of hydrogen-bond acceptors (Lipinski definition) is 4. The Bertz CT molecular complexity index is 615. The number of benzene rings is 1. The Kier molecular flexibility index (Phi) is 2.68. The SMILES string of the molecule is CC(Nc1ncccn1)c1cc2ccccc2o1. The quantitative estimate of drug-likeness (QED) is 0.761. The molecule has 1 unspecified atom stereocenters. The highest BCUT2D eigenvalue weighted by atomic mass is 16.3. The molecule has 4 nitrogen and oxygen atoms in total. The summed E-state index contributed by atoms with van der Waals surface area (Å²) < 4.78 is 5.78. The van der Waals surface area contributed by atoms with E-state index in [2.05, 4.69) is 15.3 Å². The number of nitrogens with zero attached hydrogens (tertiary/aromatic N) is 2. The van der Waals surface area contributed by atoms with Crippen LogP contribution in [-0.2, 0) is 0 Å². The molecule has 2 heterocycles. The van der Waals surface area contributed by atoms with Crippen molar-refractivity contribution in [1.29, 1.82) is 0 Å². The lowest BCUT2D eigenvalue weighted by molar-refractivity contribution is 0.525. The molecule has 0 aliphatic carbocycles. The number of rotatable bonds is 3. The number of aromatic nitrogens is 2. The molecular formula is C14H13N3O. The third-order valence-corrected chi connectivity index (χ3v) is 2.78. The normalized spacial score (nSPS) is 12.5. The molecule has 0 saturated carbocycles. The lowest BCUT2D eigenvalue weighted by atomic mass is 10.2.